The van der Waals surface area contributed by atoms with Gasteiger partial charge in [-0.3, -0.25) is 4.79 Å². The van der Waals surface area contributed by atoms with Gasteiger partial charge in [0.25, 0.3) is 0 Å². The molecule has 5 heteroatoms. The first-order chi connectivity index (χ1) is 8.17. The van der Waals surface area contributed by atoms with Gasteiger partial charge in [0.05, 0.1) is 10.3 Å². The number of nitrogens with one attached hydrogen (secondary N) is 1. The molecule has 0 saturated heterocycles. The highest BCUT2D eigenvalue weighted by molar-refractivity contribution is 9.11. The van der Waals surface area contributed by atoms with Gasteiger partial charge >= 0.3 is 0 Å². The summed E-state index contributed by atoms with van der Waals surface area (Å²) in [5.74, 6) is 0.243. The van der Waals surface area contributed by atoms with Gasteiger partial charge in [-0.15, -0.1) is 11.3 Å². The zero-order chi connectivity index (χ0) is 12.7. The smallest absolute Gasteiger partial charge is 0.222 e. The van der Waals surface area contributed by atoms with E-state index in [1.165, 1.54) is 4.88 Å². The predicted molar refractivity (Wildman–Crippen MR) is 76.3 cm³/mol. The second kappa shape index (κ2) is 7.84. The summed E-state index contributed by atoms with van der Waals surface area (Å²) < 4.78 is 1.12. The average Bonchev–Trinajstić information content (AvgIpc) is 2.72. The van der Waals surface area contributed by atoms with Crippen LogP contribution in [0.2, 0.25) is 0 Å². The summed E-state index contributed by atoms with van der Waals surface area (Å²) in [6.45, 7) is 4.42. The second-order valence-corrected chi connectivity index (χ2v) is 6.37. The fourth-order valence-corrected chi connectivity index (χ4v) is 3.07. The van der Waals surface area contributed by atoms with Gasteiger partial charge in [-0.1, -0.05) is 0 Å². The molecule has 1 aromatic heterocycles. The minimum Gasteiger partial charge on any atom is -0.338 e. The third-order valence-electron chi connectivity index (χ3n) is 2.53. The maximum Gasteiger partial charge on any atom is 0.222 e. The molecule has 1 amide bonds. The highest BCUT2D eigenvalue weighted by Gasteiger charge is 2.12. The Labute approximate surface area is 115 Å². The third kappa shape index (κ3) is 5.19. The van der Waals surface area contributed by atoms with Crippen LogP contribution in [0.4, 0.5) is 0 Å². The molecule has 0 aliphatic rings. The van der Waals surface area contributed by atoms with Crippen molar-refractivity contribution in [2.24, 2.45) is 0 Å². The summed E-state index contributed by atoms with van der Waals surface area (Å²) in [6.07, 6.45) is 1.53. The van der Waals surface area contributed by atoms with Gasteiger partial charge in [0.1, 0.15) is 0 Å². The molecule has 3 nitrogen and oxygen atoms in total. The Morgan fingerprint density at radius 3 is 2.82 bits per heavy atom. The normalized spacial score (nSPS) is 10.5. The number of carbonyl (C=O) groups is 1. The largest absolute Gasteiger partial charge is 0.338 e. The van der Waals surface area contributed by atoms with E-state index in [1.54, 1.807) is 11.3 Å². The van der Waals surface area contributed by atoms with Gasteiger partial charge in [0.15, 0.2) is 0 Å². The van der Waals surface area contributed by atoms with Gasteiger partial charge in [-0.2, -0.15) is 0 Å². The molecule has 0 bridgehead atoms. The second-order valence-electron chi connectivity index (χ2n) is 3.82. The van der Waals surface area contributed by atoms with Crippen LogP contribution in [-0.4, -0.2) is 30.9 Å². The molecular formula is C12H19BrN2OS. The van der Waals surface area contributed by atoms with Crippen LogP contribution in [0.5, 0.6) is 0 Å². The molecule has 0 fully saturated rings. The molecule has 0 unspecified atom stereocenters. The van der Waals surface area contributed by atoms with Crippen LogP contribution in [-0.2, 0) is 11.3 Å². The van der Waals surface area contributed by atoms with E-state index < -0.39 is 0 Å². The minimum atomic E-state index is 0.243. The lowest BCUT2D eigenvalue weighted by atomic mass is 10.2. The number of hydrogen-bond acceptors (Lipinski definition) is 3. The number of carbonyl (C=O) groups excluding carboxylic acids is 1. The van der Waals surface area contributed by atoms with Crippen LogP contribution < -0.4 is 5.32 Å². The van der Waals surface area contributed by atoms with Crippen molar-refractivity contribution in [2.45, 2.75) is 26.3 Å². The maximum atomic E-state index is 12.0. The van der Waals surface area contributed by atoms with Crippen LogP contribution >= 0.6 is 27.3 Å². The Hall–Kier alpha value is -0.390. The Morgan fingerprint density at radius 2 is 2.29 bits per heavy atom. The summed E-state index contributed by atoms with van der Waals surface area (Å²) in [5, 5.41) is 3.06. The number of halogens is 1. The zero-order valence-electron chi connectivity index (χ0n) is 10.3. The molecule has 1 aromatic rings. The molecule has 0 spiro atoms. The fourth-order valence-electron chi connectivity index (χ4n) is 1.58. The predicted octanol–water partition coefficient (Wildman–Crippen LogP) is 2.86. The van der Waals surface area contributed by atoms with Crippen molar-refractivity contribution in [3.05, 3.63) is 20.8 Å². The first kappa shape index (κ1) is 14.7. The minimum absolute atomic E-state index is 0.243. The Bertz CT molecular complexity index is 354. The van der Waals surface area contributed by atoms with Gasteiger partial charge in [-0.05, 0) is 55.0 Å². The summed E-state index contributed by atoms with van der Waals surface area (Å²) in [5.41, 5.74) is 0. The van der Waals surface area contributed by atoms with Gasteiger partial charge in [0, 0.05) is 17.8 Å². The van der Waals surface area contributed by atoms with Crippen molar-refractivity contribution in [3.8, 4) is 0 Å². The summed E-state index contributed by atoms with van der Waals surface area (Å²) in [4.78, 5) is 15.1. The first-order valence-electron chi connectivity index (χ1n) is 5.84. The lowest BCUT2D eigenvalue weighted by molar-refractivity contribution is -0.131. The van der Waals surface area contributed by atoms with Crippen molar-refractivity contribution in [2.75, 3.05) is 20.1 Å². The topological polar surface area (TPSA) is 32.3 Å². The highest BCUT2D eigenvalue weighted by atomic mass is 79.9. The van der Waals surface area contributed by atoms with Gasteiger partial charge < -0.3 is 10.2 Å². The molecule has 17 heavy (non-hydrogen) atoms. The van der Waals surface area contributed by atoms with Crippen LogP contribution in [0.1, 0.15) is 24.6 Å². The molecule has 0 aromatic carbocycles. The Balaban J connectivity index is 2.44. The van der Waals surface area contributed by atoms with E-state index in [-0.39, 0.29) is 5.91 Å². The number of hydrogen-bond donors (Lipinski definition) is 1. The van der Waals surface area contributed by atoms with E-state index in [2.05, 4.69) is 27.3 Å². The standard InChI is InChI=1S/C12H19BrN2OS/c1-3-15(12(16)5-4-8-14-2)9-10-6-7-11(13)17-10/h6-7,14H,3-5,8-9H2,1-2H3. The quantitative estimate of drug-likeness (QED) is 0.784. The van der Waals surface area contributed by atoms with E-state index in [1.807, 2.05) is 24.9 Å². The molecule has 1 rings (SSSR count). The lowest BCUT2D eigenvalue weighted by Crippen LogP contribution is -2.30. The molecule has 0 aliphatic heterocycles. The van der Waals surface area contributed by atoms with E-state index in [0.29, 0.717) is 6.42 Å². The van der Waals surface area contributed by atoms with Crippen LogP contribution in [0.25, 0.3) is 0 Å². The van der Waals surface area contributed by atoms with Gasteiger partial charge in [0.2, 0.25) is 5.91 Å². The number of thiophene rings is 1. The SMILES string of the molecule is CCN(Cc1ccc(Br)s1)C(=O)CCCNC. The van der Waals surface area contributed by atoms with Crippen LogP contribution in [0, 0.1) is 0 Å². The van der Waals surface area contributed by atoms with Crippen LogP contribution in [0.3, 0.4) is 0 Å². The van der Waals surface area contributed by atoms with Gasteiger partial charge in [-0.25, -0.2) is 0 Å². The van der Waals surface area contributed by atoms with E-state index >= 15 is 0 Å². The van der Waals surface area contributed by atoms with Crippen molar-refractivity contribution in [3.63, 3.8) is 0 Å². The van der Waals surface area contributed by atoms with E-state index in [0.717, 1.165) is 29.8 Å². The zero-order valence-corrected chi connectivity index (χ0v) is 12.7. The average molecular weight is 319 g/mol. The number of amides is 1. The van der Waals surface area contributed by atoms with E-state index in [4.69, 9.17) is 0 Å². The summed E-state index contributed by atoms with van der Waals surface area (Å²) in [6, 6.07) is 4.09. The molecular weight excluding hydrogens is 300 g/mol. The monoisotopic (exact) mass is 318 g/mol. The van der Waals surface area contributed by atoms with Crippen molar-refractivity contribution in [1.82, 2.24) is 10.2 Å². The molecule has 96 valence electrons. The molecule has 0 aliphatic carbocycles. The van der Waals surface area contributed by atoms with Crippen molar-refractivity contribution < 1.29 is 4.79 Å². The lowest BCUT2D eigenvalue weighted by Gasteiger charge is -2.20. The first-order valence-corrected chi connectivity index (χ1v) is 7.45. The summed E-state index contributed by atoms with van der Waals surface area (Å²) in [7, 11) is 1.91. The molecule has 0 saturated carbocycles. The third-order valence-corrected chi connectivity index (χ3v) is 4.14. The molecule has 1 N–H and O–H groups in total. The number of rotatable bonds is 7. The molecule has 0 radical (unpaired) electrons. The fraction of sp³-hybridized carbons (Fsp3) is 0.583. The van der Waals surface area contributed by atoms with E-state index in [9.17, 15) is 4.79 Å². The Morgan fingerprint density at radius 1 is 1.53 bits per heavy atom. The Kier molecular flexibility index (Phi) is 6.77. The molecule has 0 atom stereocenters. The van der Waals surface area contributed by atoms with Crippen LogP contribution in [0.15, 0.2) is 15.9 Å². The highest BCUT2D eigenvalue weighted by Crippen LogP contribution is 2.23. The maximum absolute atomic E-state index is 12.0. The summed E-state index contributed by atoms with van der Waals surface area (Å²) >= 11 is 5.13. The van der Waals surface area contributed by atoms with Crippen molar-refractivity contribution >= 4 is 33.2 Å². The van der Waals surface area contributed by atoms with Crippen molar-refractivity contribution in [1.29, 1.82) is 0 Å². The molecule has 1 heterocycles. The number of nitrogens with zero attached hydrogens (tertiary/aromatic N) is 1.